The predicted molar refractivity (Wildman–Crippen MR) is 72.3 cm³/mol. The molecule has 0 atom stereocenters. The van der Waals surface area contributed by atoms with Crippen LogP contribution >= 0.6 is 11.3 Å². The number of methoxy groups -OCH3 is 1. The van der Waals surface area contributed by atoms with Crippen molar-refractivity contribution in [2.75, 3.05) is 12.4 Å². The normalized spacial score (nSPS) is 22.3. The van der Waals surface area contributed by atoms with Crippen LogP contribution in [0.2, 0.25) is 0 Å². The molecule has 4 nitrogen and oxygen atoms in total. The molecule has 1 heterocycles. The lowest BCUT2D eigenvalue weighted by Crippen LogP contribution is -2.34. The number of hydrogen-bond donors (Lipinski definition) is 1. The molecule has 1 aliphatic carbocycles. The van der Waals surface area contributed by atoms with Crippen molar-refractivity contribution >= 4 is 16.5 Å². The highest BCUT2D eigenvalue weighted by Gasteiger charge is 2.32. The van der Waals surface area contributed by atoms with Gasteiger partial charge >= 0.3 is 0 Å². The van der Waals surface area contributed by atoms with Gasteiger partial charge in [-0.15, -0.1) is 10.2 Å². The molecule has 2 aromatic rings. The summed E-state index contributed by atoms with van der Waals surface area (Å²) < 4.78 is 5.40. The van der Waals surface area contributed by atoms with E-state index in [1.165, 1.54) is 5.56 Å². The lowest BCUT2D eigenvalue weighted by molar-refractivity contribution is 0.349. The van der Waals surface area contributed by atoms with Gasteiger partial charge < -0.3 is 10.1 Å². The molecule has 1 fully saturated rings. The summed E-state index contributed by atoms with van der Waals surface area (Å²) in [4.78, 5) is 0. The van der Waals surface area contributed by atoms with E-state index in [1.807, 2.05) is 12.1 Å². The van der Waals surface area contributed by atoms with Crippen LogP contribution in [0.25, 0.3) is 0 Å². The fraction of sp³-hybridized carbons (Fsp3) is 0.385. The summed E-state index contributed by atoms with van der Waals surface area (Å²) in [6, 6.07) is 8.78. The fourth-order valence-corrected chi connectivity index (χ4v) is 2.93. The molecule has 1 aromatic heterocycles. The summed E-state index contributed by atoms with van der Waals surface area (Å²) in [5.74, 6) is 1.59. The maximum atomic E-state index is 5.40. The van der Waals surface area contributed by atoms with Gasteiger partial charge in [-0.25, -0.2) is 0 Å². The van der Waals surface area contributed by atoms with Crippen LogP contribution in [0, 0.1) is 0 Å². The highest BCUT2D eigenvalue weighted by molar-refractivity contribution is 7.13. The van der Waals surface area contributed by atoms with Crippen LogP contribution in [0.3, 0.4) is 0 Å². The van der Waals surface area contributed by atoms with E-state index in [4.69, 9.17) is 4.74 Å². The number of ether oxygens (including phenoxy) is 1. The summed E-state index contributed by atoms with van der Waals surface area (Å²) in [5.41, 5.74) is 3.06. The van der Waals surface area contributed by atoms with Crippen molar-refractivity contribution in [3.63, 3.8) is 0 Å². The minimum Gasteiger partial charge on any atom is -0.496 e. The first-order valence-corrected chi connectivity index (χ1v) is 6.90. The van der Waals surface area contributed by atoms with Gasteiger partial charge in [-0.05, 0) is 30.4 Å². The van der Waals surface area contributed by atoms with Crippen LogP contribution in [0.15, 0.2) is 29.8 Å². The average Bonchev–Trinajstić information content (AvgIpc) is 2.86. The number of anilines is 1. The van der Waals surface area contributed by atoms with Crippen molar-refractivity contribution < 1.29 is 4.74 Å². The molecule has 1 aromatic carbocycles. The van der Waals surface area contributed by atoms with Crippen LogP contribution in [-0.2, 0) is 0 Å². The highest BCUT2D eigenvalue weighted by atomic mass is 32.1. The van der Waals surface area contributed by atoms with Gasteiger partial charge in [0.05, 0.1) is 7.11 Å². The lowest BCUT2D eigenvalue weighted by Gasteiger charge is -2.36. The zero-order valence-corrected chi connectivity index (χ0v) is 11.0. The van der Waals surface area contributed by atoms with Gasteiger partial charge in [0.15, 0.2) is 0 Å². The molecule has 3 rings (SSSR count). The van der Waals surface area contributed by atoms with Gasteiger partial charge in [0.1, 0.15) is 11.3 Å². The van der Waals surface area contributed by atoms with E-state index in [0.29, 0.717) is 12.0 Å². The molecule has 0 bridgehead atoms. The van der Waals surface area contributed by atoms with Crippen molar-refractivity contribution in [2.24, 2.45) is 0 Å². The molecule has 1 N–H and O–H groups in total. The summed E-state index contributed by atoms with van der Waals surface area (Å²) in [6.45, 7) is 0. The smallest absolute Gasteiger partial charge is 0.205 e. The summed E-state index contributed by atoms with van der Waals surface area (Å²) >= 11 is 1.55. The Morgan fingerprint density at radius 2 is 2.17 bits per heavy atom. The molecule has 0 aliphatic heterocycles. The predicted octanol–water partition coefficient (Wildman–Crippen LogP) is 2.90. The summed E-state index contributed by atoms with van der Waals surface area (Å²) in [6.07, 6.45) is 2.25. The molecule has 18 heavy (non-hydrogen) atoms. The third-order valence-corrected chi connectivity index (χ3v) is 4.03. The average molecular weight is 261 g/mol. The van der Waals surface area contributed by atoms with E-state index in [-0.39, 0.29) is 0 Å². The van der Waals surface area contributed by atoms with Crippen LogP contribution in [0.1, 0.15) is 24.3 Å². The fourth-order valence-electron chi connectivity index (χ4n) is 2.40. The Hall–Kier alpha value is -1.62. The molecule has 5 heteroatoms. The van der Waals surface area contributed by atoms with Crippen molar-refractivity contribution in [3.05, 3.63) is 35.3 Å². The van der Waals surface area contributed by atoms with E-state index in [1.54, 1.807) is 24.0 Å². The molecule has 0 saturated heterocycles. The minimum absolute atomic E-state index is 0.507. The van der Waals surface area contributed by atoms with Gasteiger partial charge in [-0.1, -0.05) is 29.5 Å². The third-order valence-electron chi connectivity index (χ3n) is 3.40. The Balaban J connectivity index is 1.61. The Kier molecular flexibility index (Phi) is 3.15. The van der Waals surface area contributed by atoms with Crippen molar-refractivity contribution in [3.8, 4) is 5.75 Å². The standard InChI is InChI=1S/C13H15N3OS/c1-17-12-5-3-2-4-11(12)9-6-10(7-9)15-13-16-14-8-18-13/h2-5,8-10H,6-7H2,1H3,(H,15,16). The molecular weight excluding hydrogens is 246 g/mol. The van der Waals surface area contributed by atoms with E-state index in [2.05, 4.69) is 27.6 Å². The number of nitrogens with zero attached hydrogens (tertiary/aromatic N) is 2. The largest absolute Gasteiger partial charge is 0.496 e. The summed E-state index contributed by atoms with van der Waals surface area (Å²) in [7, 11) is 1.73. The van der Waals surface area contributed by atoms with Gasteiger partial charge in [-0.3, -0.25) is 0 Å². The van der Waals surface area contributed by atoms with Gasteiger partial charge in [0.2, 0.25) is 5.13 Å². The number of aromatic nitrogens is 2. The second-order valence-corrected chi connectivity index (χ2v) is 5.33. The van der Waals surface area contributed by atoms with Crippen molar-refractivity contribution in [2.45, 2.75) is 24.8 Å². The molecule has 0 amide bonds. The number of nitrogens with one attached hydrogen (secondary N) is 1. The maximum Gasteiger partial charge on any atom is 0.205 e. The zero-order chi connectivity index (χ0) is 12.4. The van der Waals surface area contributed by atoms with E-state index in [0.717, 1.165) is 23.7 Å². The zero-order valence-electron chi connectivity index (χ0n) is 10.2. The molecule has 0 radical (unpaired) electrons. The Morgan fingerprint density at radius 3 is 2.89 bits per heavy atom. The monoisotopic (exact) mass is 261 g/mol. The maximum absolute atomic E-state index is 5.40. The number of hydrogen-bond acceptors (Lipinski definition) is 5. The van der Waals surface area contributed by atoms with Crippen LogP contribution < -0.4 is 10.1 Å². The third kappa shape index (κ3) is 2.18. The Labute approximate surface area is 110 Å². The van der Waals surface area contributed by atoms with Crippen molar-refractivity contribution in [1.29, 1.82) is 0 Å². The summed E-state index contributed by atoms with van der Waals surface area (Å²) in [5, 5.41) is 12.1. The lowest BCUT2D eigenvalue weighted by atomic mass is 9.75. The molecule has 1 aliphatic rings. The SMILES string of the molecule is COc1ccccc1C1CC(Nc2nncs2)C1. The van der Waals surface area contributed by atoms with Gasteiger partial charge in [0, 0.05) is 6.04 Å². The van der Waals surface area contributed by atoms with Crippen LogP contribution in [0.5, 0.6) is 5.75 Å². The Morgan fingerprint density at radius 1 is 1.33 bits per heavy atom. The molecular formula is C13H15N3OS. The highest BCUT2D eigenvalue weighted by Crippen LogP contribution is 2.42. The topological polar surface area (TPSA) is 47.0 Å². The van der Waals surface area contributed by atoms with E-state index >= 15 is 0 Å². The first-order valence-electron chi connectivity index (χ1n) is 6.02. The Bertz CT molecular complexity index is 509. The number of para-hydroxylation sites is 1. The first-order chi connectivity index (χ1) is 8.86. The van der Waals surface area contributed by atoms with Crippen molar-refractivity contribution in [1.82, 2.24) is 10.2 Å². The number of rotatable bonds is 4. The van der Waals surface area contributed by atoms with Gasteiger partial charge in [0.25, 0.3) is 0 Å². The minimum atomic E-state index is 0.507. The quantitative estimate of drug-likeness (QED) is 0.919. The second-order valence-electron chi connectivity index (χ2n) is 4.50. The number of benzene rings is 1. The van der Waals surface area contributed by atoms with Gasteiger partial charge in [-0.2, -0.15) is 0 Å². The molecule has 94 valence electrons. The molecule has 0 spiro atoms. The van der Waals surface area contributed by atoms with Crippen LogP contribution in [0.4, 0.5) is 5.13 Å². The van der Waals surface area contributed by atoms with E-state index in [9.17, 15) is 0 Å². The van der Waals surface area contributed by atoms with Crippen LogP contribution in [-0.4, -0.2) is 23.3 Å². The molecule has 0 unspecified atom stereocenters. The molecule has 1 saturated carbocycles. The first kappa shape index (κ1) is 11.5. The van der Waals surface area contributed by atoms with E-state index < -0.39 is 0 Å². The second kappa shape index (κ2) is 4.94.